The molecule has 0 spiro atoms. The van der Waals surface area contributed by atoms with Crippen molar-refractivity contribution in [2.75, 3.05) is 0 Å². The van der Waals surface area contributed by atoms with Crippen molar-refractivity contribution in [1.29, 1.82) is 0 Å². The lowest BCUT2D eigenvalue weighted by Gasteiger charge is -2.15. The van der Waals surface area contributed by atoms with Crippen LogP contribution in [0.3, 0.4) is 0 Å². The average Bonchev–Trinajstić information content (AvgIpc) is 2.25. The summed E-state index contributed by atoms with van der Waals surface area (Å²) in [5, 5.41) is 0. The molecule has 0 heteroatoms. The van der Waals surface area contributed by atoms with Gasteiger partial charge < -0.3 is 0 Å². The zero-order chi connectivity index (χ0) is 11.4. The Morgan fingerprint density at radius 1 is 0.533 bits per heavy atom. The maximum absolute atomic E-state index is 2.30. The van der Waals surface area contributed by atoms with E-state index in [0.29, 0.717) is 0 Å². The first-order valence-electron chi connectivity index (χ1n) is 7.18. The molecule has 0 saturated carbocycles. The van der Waals surface area contributed by atoms with Crippen LogP contribution in [0, 0.1) is 5.92 Å². The Morgan fingerprint density at radius 2 is 0.933 bits per heavy atom. The molecule has 0 aromatic heterocycles. The Labute approximate surface area is 97.8 Å². The van der Waals surface area contributed by atoms with Crippen molar-refractivity contribution in [2.24, 2.45) is 0 Å². The van der Waals surface area contributed by atoms with Crippen molar-refractivity contribution in [2.45, 2.75) is 91.4 Å². The Kier molecular flexibility index (Phi) is 12.1. The van der Waals surface area contributed by atoms with Crippen molar-refractivity contribution in [3.05, 3.63) is 5.92 Å². The third-order valence-electron chi connectivity index (χ3n) is 3.15. The van der Waals surface area contributed by atoms with Gasteiger partial charge in [-0.05, 0) is 25.2 Å². The van der Waals surface area contributed by atoms with Crippen LogP contribution < -0.4 is 0 Å². The highest BCUT2D eigenvalue weighted by molar-refractivity contribution is 4.88. The smallest absolute Gasteiger partial charge is 0.0241 e. The van der Waals surface area contributed by atoms with Crippen LogP contribution in [-0.4, -0.2) is 0 Å². The van der Waals surface area contributed by atoms with Gasteiger partial charge in [0.1, 0.15) is 0 Å². The van der Waals surface area contributed by atoms with Crippen LogP contribution in [-0.2, 0) is 0 Å². The lowest BCUT2D eigenvalue weighted by molar-refractivity contribution is 0.550. The average molecular weight is 211 g/mol. The predicted molar refractivity (Wildman–Crippen MR) is 71.1 cm³/mol. The highest BCUT2D eigenvalue weighted by Gasteiger charge is 2.07. The van der Waals surface area contributed by atoms with E-state index in [0.717, 1.165) is 0 Å². The fourth-order valence-corrected chi connectivity index (χ4v) is 2.05. The Balaban J connectivity index is 3.53. The summed E-state index contributed by atoms with van der Waals surface area (Å²) in [7, 11) is 0. The van der Waals surface area contributed by atoms with Crippen LogP contribution in [0.15, 0.2) is 0 Å². The Bertz CT molecular complexity index is 96.6. The molecule has 0 saturated heterocycles. The van der Waals surface area contributed by atoms with Gasteiger partial charge in [0.25, 0.3) is 0 Å². The van der Waals surface area contributed by atoms with Gasteiger partial charge in [-0.3, -0.25) is 0 Å². The molecule has 0 aromatic carbocycles. The molecular weight excluding hydrogens is 180 g/mol. The summed E-state index contributed by atoms with van der Waals surface area (Å²) in [6, 6.07) is 0. The largest absolute Gasteiger partial charge is 0.0654 e. The van der Waals surface area contributed by atoms with E-state index < -0.39 is 0 Å². The molecule has 0 nitrogen and oxygen atoms in total. The van der Waals surface area contributed by atoms with E-state index in [9.17, 15) is 0 Å². The van der Waals surface area contributed by atoms with Crippen molar-refractivity contribution in [3.8, 4) is 0 Å². The molecule has 0 atom stereocenters. The van der Waals surface area contributed by atoms with Gasteiger partial charge in [0.15, 0.2) is 0 Å². The van der Waals surface area contributed by atoms with Crippen molar-refractivity contribution < 1.29 is 0 Å². The lowest BCUT2D eigenvalue weighted by atomic mass is 9.90. The topological polar surface area (TPSA) is 0 Å². The van der Waals surface area contributed by atoms with E-state index in [-0.39, 0.29) is 0 Å². The first-order chi connectivity index (χ1) is 7.35. The molecule has 0 heterocycles. The second kappa shape index (κ2) is 12.1. The molecule has 0 fully saturated rings. The standard InChI is InChI=1S/C15H31/c1-4-7-10-13-15(12-9-6-3)14-11-8-5-2/h4-14H2,1-3H3. The zero-order valence-electron chi connectivity index (χ0n) is 11.3. The summed E-state index contributed by atoms with van der Waals surface area (Å²) in [4.78, 5) is 0. The Hall–Kier alpha value is 0. The third-order valence-corrected chi connectivity index (χ3v) is 3.15. The monoisotopic (exact) mass is 211 g/mol. The summed E-state index contributed by atoms with van der Waals surface area (Å²) >= 11 is 0. The maximum atomic E-state index is 2.30. The van der Waals surface area contributed by atoms with Crippen LogP contribution in [0.25, 0.3) is 0 Å². The number of rotatable bonds is 11. The summed E-state index contributed by atoms with van der Waals surface area (Å²) in [6.07, 6.45) is 15.4. The van der Waals surface area contributed by atoms with Crippen molar-refractivity contribution in [3.63, 3.8) is 0 Å². The van der Waals surface area contributed by atoms with Crippen LogP contribution in [0.2, 0.25) is 0 Å². The van der Waals surface area contributed by atoms with Crippen LogP contribution in [0.4, 0.5) is 0 Å². The number of unbranched alkanes of at least 4 members (excludes halogenated alkanes) is 5. The van der Waals surface area contributed by atoms with Crippen LogP contribution in [0.1, 0.15) is 91.4 Å². The quantitative estimate of drug-likeness (QED) is 0.373. The molecule has 0 aliphatic heterocycles. The number of hydrogen-bond acceptors (Lipinski definition) is 0. The summed E-state index contributed by atoms with van der Waals surface area (Å²) in [6.45, 7) is 6.89. The van der Waals surface area contributed by atoms with Gasteiger partial charge in [-0.25, -0.2) is 0 Å². The highest BCUT2D eigenvalue weighted by atomic mass is 14.1. The van der Waals surface area contributed by atoms with Gasteiger partial charge in [-0.15, -0.1) is 0 Å². The second-order valence-electron chi connectivity index (χ2n) is 4.77. The van der Waals surface area contributed by atoms with Crippen LogP contribution in [0.5, 0.6) is 0 Å². The molecule has 1 radical (unpaired) electrons. The number of hydrogen-bond donors (Lipinski definition) is 0. The molecule has 0 aliphatic rings. The first-order valence-corrected chi connectivity index (χ1v) is 7.18. The normalized spacial score (nSPS) is 11.2. The van der Waals surface area contributed by atoms with Gasteiger partial charge in [-0.2, -0.15) is 0 Å². The molecule has 91 valence electrons. The van der Waals surface area contributed by atoms with Crippen molar-refractivity contribution in [1.82, 2.24) is 0 Å². The second-order valence-corrected chi connectivity index (χ2v) is 4.77. The van der Waals surface area contributed by atoms with Gasteiger partial charge in [-0.1, -0.05) is 72.1 Å². The molecule has 15 heavy (non-hydrogen) atoms. The fraction of sp³-hybridized carbons (Fsp3) is 0.933. The fourth-order valence-electron chi connectivity index (χ4n) is 2.05. The first kappa shape index (κ1) is 15.0. The lowest BCUT2D eigenvalue weighted by Crippen LogP contribution is -1.98. The van der Waals surface area contributed by atoms with Gasteiger partial charge >= 0.3 is 0 Å². The minimum atomic E-state index is 1.35. The maximum Gasteiger partial charge on any atom is -0.0241 e. The van der Waals surface area contributed by atoms with E-state index in [1.807, 2.05) is 5.92 Å². The predicted octanol–water partition coefficient (Wildman–Crippen LogP) is 5.91. The molecular formula is C15H31. The van der Waals surface area contributed by atoms with E-state index in [2.05, 4.69) is 20.8 Å². The van der Waals surface area contributed by atoms with E-state index in [4.69, 9.17) is 0 Å². The SMILES string of the molecule is CCCCC[C](CCCC)CCCCC. The summed E-state index contributed by atoms with van der Waals surface area (Å²) < 4.78 is 0. The molecule has 0 aromatic rings. The highest BCUT2D eigenvalue weighted by Crippen LogP contribution is 2.24. The third kappa shape index (κ3) is 10.3. The van der Waals surface area contributed by atoms with Gasteiger partial charge in [0, 0.05) is 0 Å². The van der Waals surface area contributed by atoms with E-state index >= 15 is 0 Å². The molecule has 0 N–H and O–H groups in total. The molecule has 0 aliphatic carbocycles. The van der Waals surface area contributed by atoms with Crippen molar-refractivity contribution >= 4 is 0 Å². The molecule has 0 unspecified atom stereocenters. The molecule has 0 amide bonds. The molecule has 0 bridgehead atoms. The van der Waals surface area contributed by atoms with Gasteiger partial charge in [0.05, 0.1) is 0 Å². The summed E-state index contributed by atoms with van der Waals surface area (Å²) in [5.41, 5.74) is 0. The zero-order valence-corrected chi connectivity index (χ0v) is 11.3. The van der Waals surface area contributed by atoms with E-state index in [1.54, 1.807) is 0 Å². The van der Waals surface area contributed by atoms with Crippen LogP contribution >= 0.6 is 0 Å². The Morgan fingerprint density at radius 3 is 1.33 bits per heavy atom. The minimum absolute atomic E-state index is 1.35. The molecule has 0 rings (SSSR count). The van der Waals surface area contributed by atoms with E-state index in [1.165, 1.54) is 70.6 Å². The van der Waals surface area contributed by atoms with Gasteiger partial charge in [0.2, 0.25) is 0 Å². The summed E-state index contributed by atoms with van der Waals surface area (Å²) in [5.74, 6) is 1.86. The minimum Gasteiger partial charge on any atom is -0.0654 e.